The van der Waals surface area contributed by atoms with Gasteiger partial charge < -0.3 is 4.74 Å². The minimum Gasteiger partial charge on any atom is -0.379 e. The van der Waals surface area contributed by atoms with Gasteiger partial charge in [-0.2, -0.15) is 0 Å². The fourth-order valence-electron chi connectivity index (χ4n) is 1.83. The molecule has 0 radical (unpaired) electrons. The molecule has 0 bridgehead atoms. The molecule has 1 heterocycles. The van der Waals surface area contributed by atoms with Crippen LogP contribution in [0, 0.1) is 0 Å². The van der Waals surface area contributed by atoms with Crippen molar-refractivity contribution in [1.82, 2.24) is 0 Å². The molecule has 0 amide bonds. The molecule has 86 valence electrons. The number of methoxy groups -OCH3 is 1. The van der Waals surface area contributed by atoms with E-state index in [1.165, 1.54) is 35.4 Å². The molecule has 0 fully saturated rings. The first kappa shape index (κ1) is 12.7. The van der Waals surface area contributed by atoms with Gasteiger partial charge in [-0.05, 0) is 30.9 Å². The van der Waals surface area contributed by atoms with Gasteiger partial charge in [0.25, 0.3) is 0 Å². The van der Waals surface area contributed by atoms with E-state index in [0.29, 0.717) is 0 Å². The molecule has 0 spiro atoms. The van der Waals surface area contributed by atoms with Gasteiger partial charge in [-0.3, -0.25) is 0 Å². The predicted octanol–water partition coefficient (Wildman–Crippen LogP) is 4.58. The highest BCUT2D eigenvalue weighted by Gasteiger charge is 2.11. The van der Waals surface area contributed by atoms with Crippen molar-refractivity contribution in [2.24, 2.45) is 0 Å². The van der Waals surface area contributed by atoms with Crippen LogP contribution in [0.5, 0.6) is 0 Å². The third kappa shape index (κ3) is 3.96. The number of thiophene rings is 1. The summed E-state index contributed by atoms with van der Waals surface area (Å²) in [6.07, 6.45) is 5.23. The van der Waals surface area contributed by atoms with Crippen LogP contribution in [0.3, 0.4) is 0 Å². The van der Waals surface area contributed by atoms with Crippen molar-refractivity contribution in [2.45, 2.75) is 52.1 Å². The summed E-state index contributed by atoms with van der Waals surface area (Å²) in [6.45, 7) is 5.31. The van der Waals surface area contributed by atoms with Crippen LogP contribution in [-0.4, -0.2) is 7.11 Å². The Morgan fingerprint density at radius 1 is 1.33 bits per heavy atom. The third-order valence-electron chi connectivity index (χ3n) is 2.77. The second-order valence-electron chi connectivity index (χ2n) is 3.98. The summed E-state index contributed by atoms with van der Waals surface area (Å²) in [7, 11) is 1.76. The summed E-state index contributed by atoms with van der Waals surface area (Å²) in [5.74, 6) is 0.764. The number of unbranched alkanes of at least 4 members (excludes halogenated alkanes) is 1. The van der Waals surface area contributed by atoms with Crippen molar-refractivity contribution in [3.63, 3.8) is 0 Å². The largest absolute Gasteiger partial charge is 0.379 e. The lowest BCUT2D eigenvalue weighted by Gasteiger charge is -2.11. The fraction of sp³-hybridized carbons (Fsp3) is 0.692. The minimum atomic E-state index is 0.759. The van der Waals surface area contributed by atoms with Crippen molar-refractivity contribution in [3.8, 4) is 0 Å². The number of ether oxygens (including phenoxy) is 1. The highest BCUT2D eigenvalue weighted by molar-refractivity contribution is 7.12. The van der Waals surface area contributed by atoms with Crippen molar-refractivity contribution in [3.05, 3.63) is 21.9 Å². The van der Waals surface area contributed by atoms with Crippen LogP contribution >= 0.6 is 11.3 Å². The van der Waals surface area contributed by atoms with Gasteiger partial charge in [0.15, 0.2) is 0 Å². The molecule has 1 nitrogen and oxygen atoms in total. The molecular weight excluding hydrogens is 204 g/mol. The Morgan fingerprint density at radius 2 is 2.13 bits per heavy atom. The van der Waals surface area contributed by atoms with Crippen LogP contribution in [-0.2, 0) is 11.3 Å². The molecule has 1 aromatic heterocycles. The first-order chi connectivity index (χ1) is 7.31. The summed E-state index contributed by atoms with van der Waals surface area (Å²) in [6, 6.07) is 4.49. The molecule has 1 atom stereocenters. The smallest absolute Gasteiger partial charge is 0.0805 e. The van der Waals surface area contributed by atoms with Crippen molar-refractivity contribution in [1.29, 1.82) is 0 Å². The van der Waals surface area contributed by atoms with Gasteiger partial charge in [-0.15, -0.1) is 11.3 Å². The van der Waals surface area contributed by atoms with E-state index in [9.17, 15) is 0 Å². The Bertz CT molecular complexity index is 267. The quantitative estimate of drug-likeness (QED) is 0.661. The Labute approximate surface area is 97.5 Å². The Balaban J connectivity index is 2.57. The summed E-state index contributed by atoms with van der Waals surface area (Å²) in [4.78, 5) is 2.89. The molecule has 0 N–H and O–H groups in total. The first-order valence-electron chi connectivity index (χ1n) is 5.89. The summed E-state index contributed by atoms with van der Waals surface area (Å²) < 4.78 is 5.15. The lowest BCUT2D eigenvalue weighted by Crippen LogP contribution is -1.93. The lowest BCUT2D eigenvalue weighted by atomic mass is 9.98. The third-order valence-corrected chi connectivity index (χ3v) is 3.99. The van der Waals surface area contributed by atoms with E-state index in [0.717, 1.165) is 12.5 Å². The minimum absolute atomic E-state index is 0.759. The van der Waals surface area contributed by atoms with Crippen LogP contribution in [0.4, 0.5) is 0 Å². The molecule has 1 aromatic rings. The molecule has 15 heavy (non-hydrogen) atoms. The Hall–Kier alpha value is -0.340. The van der Waals surface area contributed by atoms with Crippen LogP contribution in [0.2, 0.25) is 0 Å². The summed E-state index contributed by atoms with van der Waals surface area (Å²) >= 11 is 1.92. The molecular formula is C13H22OS. The van der Waals surface area contributed by atoms with E-state index in [-0.39, 0.29) is 0 Å². The molecule has 0 saturated carbocycles. The highest BCUT2D eigenvalue weighted by Crippen LogP contribution is 2.31. The van der Waals surface area contributed by atoms with Gasteiger partial charge in [0.1, 0.15) is 0 Å². The van der Waals surface area contributed by atoms with Gasteiger partial charge >= 0.3 is 0 Å². The monoisotopic (exact) mass is 226 g/mol. The van der Waals surface area contributed by atoms with Crippen molar-refractivity contribution < 1.29 is 4.74 Å². The number of hydrogen-bond donors (Lipinski definition) is 0. The normalized spacial score (nSPS) is 13.0. The average Bonchev–Trinajstić information content (AvgIpc) is 2.68. The van der Waals surface area contributed by atoms with Crippen LogP contribution < -0.4 is 0 Å². The van der Waals surface area contributed by atoms with E-state index in [1.54, 1.807) is 7.11 Å². The van der Waals surface area contributed by atoms with E-state index < -0.39 is 0 Å². The van der Waals surface area contributed by atoms with E-state index >= 15 is 0 Å². The molecule has 0 aromatic carbocycles. The zero-order valence-corrected chi connectivity index (χ0v) is 10.9. The standard InChI is InChI=1S/C13H22OS/c1-4-6-7-11(5-2)13-9-8-12(15-13)10-14-3/h8-9,11H,4-7,10H2,1-3H3. The first-order valence-corrected chi connectivity index (χ1v) is 6.71. The molecule has 0 aliphatic carbocycles. The maximum atomic E-state index is 5.15. The number of rotatable bonds is 7. The molecule has 1 rings (SSSR count). The second kappa shape index (κ2) is 7.02. The van der Waals surface area contributed by atoms with Gasteiger partial charge in [-0.25, -0.2) is 0 Å². The van der Waals surface area contributed by atoms with Crippen LogP contribution in [0.1, 0.15) is 55.2 Å². The van der Waals surface area contributed by atoms with Gasteiger partial charge in [-0.1, -0.05) is 26.7 Å². The lowest BCUT2D eigenvalue weighted by molar-refractivity contribution is 0.187. The maximum absolute atomic E-state index is 5.15. The van der Waals surface area contributed by atoms with Crippen LogP contribution in [0.25, 0.3) is 0 Å². The topological polar surface area (TPSA) is 9.23 Å². The number of hydrogen-bond acceptors (Lipinski definition) is 2. The summed E-state index contributed by atoms with van der Waals surface area (Å²) in [5, 5.41) is 0. The average molecular weight is 226 g/mol. The summed E-state index contributed by atoms with van der Waals surface area (Å²) in [5.41, 5.74) is 0. The van der Waals surface area contributed by atoms with Gasteiger partial charge in [0, 0.05) is 16.9 Å². The molecule has 2 heteroatoms. The van der Waals surface area contributed by atoms with Gasteiger partial charge in [0.05, 0.1) is 6.61 Å². The van der Waals surface area contributed by atoms with E-state index in [4.69, 9.17) is 4.74 Å². The SMILES string of the molecule is CCCCC(CC)c1ccc(COC)s1. The zero-order chi connectivity index (χ0) is 11.1. The van der Waals surface area contributed by atoms with Crippen molar-refractivity contribution in [2.75, 3.05) is 7.11 Å². The van der Waals surface area contributed by atoms with Crippen molar-refractivity contribution >= 4 is 11.3 Å². The molecule has 0 aliphatic rings. The highest BCUT2D eigenvalue weighted by atomic mass is 32.1. The zero-order valence-electron chi connectivity index (χ0n) is 10.1. The van der Waals surface area contributed by atoms with E-state index in [1.807, 2.05) is 11.3 Å². The van der Waals surface area contributed by atoms with Crippen LogP contribution in [0.15, 0.2) is 12.1 Å². The molecule has 1 unspecified atom stereocenters. The predicted molar refractivity (Wildman–Crippen MR) is 67.6 cm³/mol. The molecule has 0 saturated heterocycles. The second-order valence-corrected chi connectivity index (χ2v) is 5.18. The Kier molecular flexibility index (Phi) is 5.96. The maximum Gasteiger partial charge on any atom is 0.0805 e. The van der Waals surface area contributed by atoms with Gasteiger partial charge in [0.2, 0.25) is 0 Å². The van der Waals surface area contributed by atoms with E-state index in [2.05, 4.69) is 26.0 Å². The fourth-order valence-corrected chi connectivity index (χ4v) is 3.03. The molecule has 0 aliphatic heterocycles. The Morgan fingerprint density at radius 3 is 2.73 bits per heavy atom.